The molecule has 2 aromatic rings. The smallest absolute Gasteiger partial charge is 0.0406 e. The van der Waals surface area contributed by atoms with E-state index in [9.17, 15) is 0 Å². The molecular formula is C13H12ClNS. The fourth-order valence-electron chi connectivity index (χ4n) is 1.36. The maximum Gasteiger partial charge on any atom is 0.0406 e. The van der Waals surface area contributed by atoms with Crippen molar-refractivity contribution in [1.82, 2.24) is 0 Å². The predicted molar refractivity (Wildman–Crippen MR) is 71.2 cm³/mol. The van der Waals surface area contributed by atoms with E-state index in [1.165, 1.54) is 10.5 Å². The van der Waals surface area contributed by atoms with Crippen LogP contribution in [0.4, 0.5) is 5.69 Å². The summed E-state index contributed by atoms with van der Waals surface area (Å²) in [5, 5.41) is 0.758. The van der Waals surface area contributed by atoms with Crippen LogP contribution in [0.2, 0.25) is 5.02 Å². The Balaban J connectivity index is 2.26. The number of nitrogen functional groups attached to an aromatic ring is 1. The molecule has 0 aliphatic carbocycles. The molecule has 82 valence electrons. The van der Waals surface area contributed by atoms with Crippen LogP contribution in [0, 0.1) is 6.92 Å². The van der Waals surface area contributed by atoms with Gasteiger partial charge in [-0.25, -0.2) is 0 Å². The van der Waals surface area contributed by atoms with Crippen molar-refractivity contribution in [3.8, 4) is 0 Å². The third kappa shape index (κ3) is 2.71. The van der Waals surface area contributed by atoms with Crippen molar-refractivity contribution in [2.45, 2.75) is 16.7 Å². The molecule has 0 spiro atoms. The van der Waals surface area contributed by atoms with E-state index in [-0.39, 0.29) is 0 Å². The van der Waals surface area contributed by atoms with Crippen molar-refractivity contribution in [1.29, 1.82) is 0 Å². The van der Waals surface area contributed by atoms with Gasteiger partial charge in [0.15, 0.2) is 0 Å². The lowest BCUT2D eigenvalue weighted by Crippen LogP contribution is -1.86. The van der Waals surface area contributed by atoms with Crippen LogP contribution in [0.3, 0.4) is 0 Å². The molecule has 2 N–H and O–H groups in total. The number of rotatable bonds is 2. The van der Waals surface area contributed by atoms with E-state index in [1.54, 1.807) is 11.8 Å². The summed E-state index contributed by atoms with van der Waals surface area (Å²) >= 11 is 7.54. The fraction of sp³-hybridized carbons (Fsp3) is 0.0769. The molecule has 3 heteroatoms. The lowest BCUT2D eigenvalue weighted by atomic mass is 10.2. The minimum atomic E-state index is 0.758. The van der Waals surface area contributed by atoms with Crippen LogP contribution in [0.25, 0.3) is 0 Å². The fourth-order valence-corrected chi connectivity index (χ4v) is 2.43. The van der Waals surface area contributed by atoms with Crippen LogP contribution >= 0.6 is 23.4 Å². The first-order valence-electron chi connectivity index (χ1n) is 4.95. The summed E-state index contributed by atoms with van der Waals surface area (Å²) in [6.45, 7) is 2.08. The maximum atomic E-state index is 5.84. The lowest BCUT2D eigenvalue weighted by molar-refractivity contribution is 1.29. The van der Waals surface area contributed by atoms with Gasteiger partial charge in [-0.1, -0.05) is 29.4 Å². The second-order valence-corrected chi connectivity index (χ2v) is 5.13. The summed E-state index contributed by atoms with van der Waals surface area (Å²) in [6, 6.07) is 13.8. The molecule has 0 amide bonds. The van der Waals surface area contributed by atoms with Gasteiger partial charge in [-0.05, 0) is 48.9 Å². The number of hydrogen-bond donors (Lipinski definition) is 1. The number of halogens is 1. The lowest BCUT2D eigenvalue weighted by Gasteiger charge is -2.06. The van der Waals surface area contributed by atoms with Crippen molar-refractivity contribution in [2.24, 2.45) is 0 Å². The van der Waals surface area contributed by atoms with Crippen molar-refractivity contribution in [3.05, 3.63) is 53.1 Å². The van der Waals surface area contributed by atoms with Gasteiger partial charge in [-0.2, -0.15) is 0 Å². The maximum absolute atomic E-state index is 5.84. The average molecular weight is 250 g/mol. The summed E-state index contributed by atoms with van der Waals surface area (Å²) in [5.74, 6) is 0. The molecular weight excluding hydrogens is 238 g/mol. The van der Waals surface area contributed by atoms with Crippen LogP contribution in [0.15, 0.2) is 52.3 Å². The van der Waals surface area contributed by atoms with E-state index in [0.29, 0.717) is 0 Å². The average Bonchev–Trinajstić information content (AvgIpc) is 2.27. The van der Waals surface area contributed by atoms with Gasteiger partial charge in [0.2, 0.25) is 0 Å². The monoisotopic (exact) mass is 249 g/mol. The Kier molecular flexibility index (Phi) is 3.42. The second kappa shape index (κ2) is 4.81. The highest BCUT2D eigenvalue weighted by Gasteiger charge is 2.01. The molecule has 1 nitrogen and oxygen atoms in total. The number of benzene rings is 2. The molecule has 0 unspecified atom stereocenters. The van der Waals surface area contributed by atoms with Crippen molar-refractivity contribution in [2.75, 3.05) is 5.73 Å². The molecule has 2 rings (SSSR count). The van der Waals surface area contributed by atoms with Gasteiger partial charge in [0.05, 0.1) is 0 Å². The first-order valence-corrected chi connectivity index (χ1v) is 6.14. The summed E-state index contributed by atoms with van der Waals surface area (Å²) in [7, 11) is 0. The first kappa shape index (κ1) is 11.4. The summed E-state index contributed by atoms with van der Waals surface area (Å²) in [4.78, 5) is 2.35. The zero-order valence-electron chi connectivity index (χ0n) is 8.91. The zero-order chi connectivity index (χ0) is 11.5. The van der Waals surface area contributed by atoms with E-state index in [2.05, 4.69) is 6.92 Å². The minimum absolute atomic E-state index is 0.758. The van der Waals surface area contributed by atoms with E-state index >= 15 is 0 Å². The molecule has 0 aliphatic heterocycles. The number of anilines is 1. The predicted octanol–water partition coefficient (Wildman–Crippen LogP) is 4.38. The van der Waals surface area contributed by atoms with E-state index in [4.69, 9.17) is 17.3 Å². The largest absolute Gasteiger partial charge is 0.399 e. The molecule has 0 bridgehead atoms. The first-order chi connectivity index (χ1) is 7.65. The Morgan fingerprint density at radius 1 is 1.06 bits per heavy atom. The third-order valence-electron chi connectivity index (χ3n) is 2.25. The quantitative estimate of drug-likeness (QED) is 0.800. The highest BCUT2D eigenvalue weighted by atomic mass is 35.5. The number of hydrogen-bond acceptors (Lipinski definition) is 2. The van der Waals surface area contributed by atoms with Gasteiger partial charge >= 0.3 is 0 Å². The summed E-state index contributed by atoms with van der Waals surface area (Å²) in [5.41, 5.74) is 7.80. The molecule has 0 fully saturated rings. The Morgan fingerprint density at radius 3 is 2.44 bits per heavy atom. The highest BCUT2D eigenvalue weighted by Crippen LogP contribution is 2.32. The van der Waals surface area contributed by atoms with Crippen LogP contribution in [-0.2, 0) is 0 Å². The van der Waals surface area contributed by atoms with Crippen LogP contribution in [-0.4, -0.2) is 0 Å². The van der Waals surface area contributed by atoms with Gasteiger partial charge in [0.1, 0.15) is 0 Å². The standard InChI is InChI=1S/C13H12ClNS/c1-9-2-5-11(15)8-13(9)16-12-6-3-10(14)4-7-12/h2-8H,15H2,1H3. The molecule has 0 aromatic heterocycles. The highest BCUT2D eigenvalue weighted by molar-refractivity contribution is 7.99. The summed E-state index contributed by atoms with van der Waals surface area (Å²) in [6.07, 6.45) is 0. The van der Waals surface area contributed by atoms with Gasteiger partial charge < -0.3 is 5.73 Å². The molecule has 0 atom stereocenters. The molecule has 0 saturated heterocycles. The molecule has 0 aliphatic rings. The Hall–Kier alpha value is -1.12. The Bertz CT molecular complexity index is 494. The molecule has 2 aromatic carbocycles. The van der Waals surface area contributed by atoms with Gasteiger partial charge in [-0.15, -0.1) is 0 Å². The summed E-state index contributed by atoms with van der Waals surface area (Å²) < 4.78 is 0. The minimum Gasteiger partial charge on any atom is -0.399 e. The van der Waals surface area contributed by atoms with Crippen LogP contribution < -0.4 is 5.73 Å². The number of aryl methyl sites for hydroxylation is 1. The van der Waals surface area contributed by atoms with Crippen LogP contribution in [0.1, 0.15) is 5.56 Å². The third-order valence-corrected chi connectivity index (χ3v) is 3.67. The van der Waals surface area contributed by atoms with Gasteiger partial charge in [0.25, 0.3) is 0 Å². The molecule has 0 radical (unpaired) electrons. The van der Waals surface area contributed by atoms with Crippen molar-refractivity contribution >= 4 is 29.1 Å². The Morgan fingerprint density at radius 2 is 1.75 bits per heavy atom. The second-order valence-electron chi connectivity index (χ2n) is 3.58. The topological polar surface area (TPSA) is 26.0 Å². The van der Waals surface area contributed by atoms with Gasteiger partial charge in [0, 0.05) is 20.5 Å². The van der Waals surface area contributed by atoms with E-state index in [1.807, 2.05) is 42.5 Å². The number of nitrogens with two attached hydrogens (primary N) is 1. The molecule has 0 saturated carbocycles. The SMILES string of the molecule is Cc1ccc(N)cc1Sc1ccc(Cl)cc1. The van der Waals surface area contributed by atoms with Crippen molar-refractivity contribution in [3.63, 3.8) is 0 Å². The van der Waals surface area contributed by atoms with Crippen LogP contribution in [0.5, 0.6) is 0 Å². The van der Waals surface area contributed by atoms with Crippen molar-refractivity contribution < 1.29 is 0 Å². The Labute approximate surface area is 105 Å². The van der Waals surface area contributed by atoms with Gasteiger partial charge in [-0.3, -0.25) is 0 Å². The van der Waals surface area contributed by atoms with E-state index in [0.717, 1.165) is 15.6 Å². The zero-order valence-corrected chi connectivity index (χ0v) is 10.5. The molecule has 0 heterocycles. The van der Waals surface area contributed by atoms with E-state index < -0.39 is 0 Å². The normalized spacial score (nSPS) is 10.4. The molecule has 16 heavy (non-hydrogen) atoms.